The van der Waals surface area contributed by atoms with E-state index >= 15 is 0 Å². The molecule has 0 spiro atoms. The topological polar surface area (TPSA) is 76.0 Å². The molecule has 1 saturated heterocycles. The van der Waals surface area contributed by atoms with Crippen LogP contribution in [0.1, 0.15) is 26.2 Å². The molecule has 0 aromatic carbocycles. The molecule has 2 N–H and O–H groups in total. The molecule has 1 atom stereocenters. The van der Waals surface area contributed by atoms with Crippen molar-refractivity contribution in [2.45, 2.75) is 37.8 Å². The van der Waals surface area contributed by atoms with E-state index in [0.29, 0.717) is 19.0 Å². The Balaban J connectivity index is 1.98. The Morgan fingerprint density at radius 3 is 3.11 bits per heavy atom. The highest BCUT2D eigenvalue weighted by Crippen LogP contribution is 2.12. The fourth-order valence-electron chi connectivity index (χ4n) is 2.33. The Hall–Kier alpha value is -0.920. The van der Waals surface area contributed by atoms with Crippen molar-refractivity contribution in [3.8, 4) is 0 Å². The molecule has 0 radical (unpaired) electrons. The van der Waals surface area contributed by atoms with Crippen LogP contribution in [-0.4, -0.2) is 37.8 Å². The van der Waals surface area contributed by atoms with Crippen molar-refractivity contribution in [2.75, 3.05) is 19.6 Å². The minimum absolute atomic E-state index is 0.262. The van der Waals surface area contributed by atoms with Crippen LogP contribution in [0.3, 0.4) is 0 Å². The van der Waals surface area contributed by atoms with Gasteiger partial charge < -0.3 is 5.32 Å². The molecular formula is C12H22N4O2S. The first kappa shape index (κ1) is 14.5. The second-order valence-electron chi connectivity index (χ2n) is 4.96. The Bertz CT molecular complexity index is 492. The molecular weight excluding hydrogens is 264 g/mol. The SMILES string of the molecule is CCCn1nccc1S(=O)(=O)NC[C@H]1CCCNC1. The van der Waals surface area contributed by atoms with Crippen LogP contribution >= 0.6 is 0 Å². The average Bonchev–Trinajstić information content (AvgIpc) is 2.87. The molecule has 1 aliphatic rings. The standard InChI is InChI=1S/C12H22N4O2S/c1-2-8-16-12(5-7-14-16)19(17,18)15-10-11-4-3-6-13-9-11/h5,7,11,13,15H,2-4,6,8-10H2,1H3/t11-/m0/s1. The summed E-state index contributed by atoms with van der Waals surface area (Å²) in [5.41, 5.74) is 0. The molecule has 1 aromatic rings. The highest BCUT2D eigenvalue weighted by Gasteiger charge is 2.21. The van der Waals surface area contributed by atoms with Gasteiger partial charge in [-0.15, -0.1) is 0 Å². The molecule has 1 aliphatic heterocycles. The Labute approximate surface area is 114 Å². The first-order valence-corrected chi connectivity index (χ1v) is 8.34. The van der Waals surface area contributed by atoms with Crippen LogP contribution in [0.25, 0.3) is 0 Å². The Morgan fingerprint density at radius 1 is 1.58 bits per heavy atom. The quantitative estimate of drug-likeness (QED) is 0.801. The van der Waals surface area contributed by atoms with Gasteiger partial charge in [-0.25, -0.2) is 13.1 Å². The molecule has 6 nitrogen and oxygen atoms in total. The van der Waals surface area contributed by atoms with Crippen molar-refractivity contribution < 1.29 is 8.42 Å². The molecule has 7 heteroatoms. The lowest BCUT2D eigenvalue weighted by Gasteiger charge is -2.22. The van der Waals surface area contributed by atoms with E-state index in [9.17, 15) is 8.42 Å². The summed E-state index contributed by atoms with van der Waals surface area (Å²) in [6.07, 6.45) is 4.58. The molecule has 0 saturated carbocycles. The van der Waals surface area contributed by atoms with Crippen LogP contribution < -0.4 is 10.0 Å². The summed E-state index contributed by atoms with van der Waals surface area (Å²) in [6, 6.07) is 1.55. The average molecular weight is 286 g/mol. The maximum Gasteiger partial charge on any atom is 0.257 e. The van der Waals surface area contributed by atoms with Crippen LogP contribution in [0.2, 0.25) is 0 Å². The van der Waals surface area contributed by atoms with Gasteiger partial charge in [-0.3, -0.25) is 4.68 Å². The third-order valence-electron chi connectivity index (χ3n) is 3.35. The number of aryl methyl sites for hydroxylation is 1. The molecule has 1 fully saturated rings. The van der Waals surface area contributed by atoms with Gasteiger partial charge in [-0.2, -0.15) is 5.10 Å². The van der Waals surface area contributed by atoms with Crippen molar-refractivity contribution in [3.63, 3.8) is 0 Å². The predicted molar refractivity (Wildman–Crippen MR) is 73.3 cm³/mol. The number of hydrogen-bond acceptors (Lipinski definition) is 4. The van der Waals surface area contributed by atoms with Crippen LogP contribution in [0, 0.1) is 5.92 Å². The fraction of sp³-hybridized carbons (Fsp3) is 0.750. The van der Waals surface area contributed by atoms with Crippen molar-refractivity contribution in [2.24, 2.45) is 5.92 Å². The van der Waals surface area contributed by atoms with Gasteiger partial charge in [0.05, 0.1) is 6.20 Å². The maximum absolute atomic E-state index is 12.2. The largest absolute Gasteiger partial charge is 0.316 e. The molecule has 19 heavy (non-hydrogen) atoms. The van der Waals surface area contributed by atoms with E-state index in [1.165, 1.54) is 6.20 Å². The molecule has 2 rings (SSSR count). The highest BCUT2D eigenvalue weighted by molar-refractivity contribution is 7.89. The number of hydrogen-bond donors (Lipinski definition) is 2. The van der Waals surface area contributed by atoms with E-state index in [1.54, 1.807) is 10.7 Å². The number of sulfonamides is 1. The van der Waals surface area contributed by atoms with Gasteiger partial charge in [-0.05, 0) is 44.3 Å². The second-order valence-corrected chi connectivity index (χ2v) is 6.67. The van der Waals surface area contributed by atoms with E-state index in [2.05, 4.69) is 15.1 Å². The minimum atomic E-state index is -3.45. The van der Waals surface area contributed by atoms with E-state index in [1.807, 2.05) is 6.92 Å². The van der Waals surface area contributed by atoms with Crippen molar-refractivity contribution >= 4 is 10.0 Å². The summed E-state index contributed by atoms with van der Waals surface area (Å²) in [7, 11) is -3.45. The van der Waals surface area contributed by atoms with E-state index in [0.717, 1.165) is 32.4 Å². The molecule has 108 valence electrons. The smallest absolute Gasteiger partial charge is 0.257 e. The van der Waals surface area contributed by atoms with Gasteiger partial charge in [-0.1, -0.05) is 6.92 Å². The van der Waals surface area contributed by atoms with Gasteiger partial charge in [0, 0.05) is 13.1 Å². The molecule has 0 bridgehead atoms. The third kappa shape index (κ3) is 3.77. The normalized spacial score (nSPS) is 20.6. The van der Waals surface area contributed by atoms with Gasteiger partial charge in [0.25, 0.3) is 10.0 Å². The molecule has 0 unspecified atom stereocenters. The van der Waals surface area contributed by atoms with Gasteiger partial charge in [0.2, 0.25) is 0 Å². The zero-order chi connectivity index (χ0) is 13.7. The zero-order valence-electron chi connectivity index (χ0n) is 11.3. The fourth-order valence-corrected chi connectivity index (χ4v) is 3.59. The summed E-state index contributed by atoms with van der Waals surface area (Å²) < 4.78 is 28.7. The monoisotopic (exact) mass is 286 g/mol. The van der Waals surface area contributed by atoms with Gasteiger partial charge in [0.15, 0.2) is 5.03 Å². The van der Waals surface area contributed by atoms with Crippen LogP contribution in [0.5, 0.6) is 0 Å². The summed E-state index contributed by atoms with van der Waals surface area (Å²) >= 11 is 0. The molecule has 2 heterocycles. The lowest BCUT2D eigenvalue weighted by atomic mass is 10.0. The maximum atomic E-state index is 12.2. The molecule has 0 amide bonds. The summed E-state index contributed by atoms with van der Waals surface area (Å²) in [6.45, 7) is 5.03. The van der Waals surface area contributed by atoms with Gasteiger partial charge >= 0.3 is 0 Å². The lowest BCUT2D eigenvalue weighted by molar-refractivity contribution is 0.375. The van der Waals surface area contributed by atoms with Crippen molar-refractivity contribution in [1.29, 1.82) is 0 Å². The number of rotatable bonds is 6. The van der Waals surface area contributed by atoms with E-state index in [4.69, 9.17) is 0 Å². The van der Waals surface area contributed by atoms with Crippen LogP contribution in [0.15, 0.2) is 17.3 Å². The van der Waals surface area contributed by atoms with Gasteiger partial charge in [0.1, 0.15) is 0 Å². The molecule has 1 aromatic heterocycles. The number of aromatic nitrogens is 2. The van der Waals surface area contributed by atoms with E-state index < -0.39 is 10.0 Å². The van der Waals surface area contributed by atoms with Crippen molar-refractivity contribution in [1.82, 2.24) is 19.8 Å². The predicted octanol–water partition coefficient (Wildman–Crippen LogP) is 0.571. The minimum Gasteiger partial charge on any atom is -0.316 e. The highest BCUT2D eigenvalue weighted by atomic mass is 32.2. The van der Waals surface area contributed by atoms with Crippen LogP contribution in [-0.2, 0) is 16.6 Å². The Morgan fingerprint density at radius 2 is 2.42 bits per heavy atom. The zero-order valence-corrected chi connectivity index (χ0v) is 12.1. The van der Waals surface area contributed by atoms with E-state index in [-0.39, 0.29) is 5.03 Å². The molecule has 0 aliphatic carbocycles. The summed E-state index contributed by atoms with van der Waals surface area (Å²) in [4.78, 5) is 0. The number of piperidine rings is 1. The first-order valence-electron chi connectivity index (χ1n) is 6.85. The first-order chi connectivity index (χ1) is 9.13. The number of nitrogens with zero attached hydrogens (tertiary/aromatic N) is 2. The number of nitrogens with one attached hydrogen (secondary N) is 2. The lowest BCUT2D eigenvalue weighted by Crippen LogP contribution is -2.38. The summed E-state index contributed by atoms with van der Waals surface area (Å²) in [5, 5.41) is 7.60. The second kappa shape index (κ2) is 6.49. The summed E-state index contributed by atoms with van der Waals surface area (Å²) in [5.74, 6) is 0.381. The Kier molecular flexibility index (Phi) is 4.95. The third-order valence-corrected chi connectivity index (χ3v) is 4.79. The van der Waals surface area contributed by atoms with Crippen LogP contribution in [0.4, 0.5) is 0 Å². The van der Waals surface area contributed by atoms with Crippen molar-refractivity contribution in [3.05, 3.63) is 12.3 Å².